The maximum absolute atomic E-state index is 11.9. The molecule has 0 aromatic heterocycles. The van der Waals surface area contributed by atoms with Gasteiger partial charge in [-0.2, -0.15) is 4.89 Å². The van der Waals surface area contributed by atoms with E-state index in [0.717, 1.165) is 0 Å². The molecule has 0 aliphatic rings. The number of rotatable bonds is 5. The number of para-hydroxylation sites is 1. The smallest absolute Gasteiger partial charge is 0.376 e. The van der Waals surface area contributed by atoms with Crippen molar-refractivity contribution >= 4 is 5.97 Å². The van der Waals surface area contributed by atoms with Crippen molar-refractivity contribution in [1.82, 2.24) is 0 Å². The molecular weight excluding hydrogens is 244 g/mol. The number of ether oxygens (including phenoxy) is 1. The highest BCUT2D eigenvalue weighted by Gasteiger charge is 2.19. The van der Waals surface area contributed by atoms with E-state index < -0.39 is 11.6 Å². The van der Waals surface area contributed by atoms with Crippen molar-refractivity contribution in [2.75, 3.05) is 6.61 Å². The summed E-state index contributed by atoms with van der Waals surface area (Å²) in [4.78, 5) is 21.8. The number of hydrogen-bond donors (Lipinski definition) is 0. The molecule has 0 aliphatic carbocycles. The summed E-state index contributed by atoms with van der Waals surface area (Å²) in [5.41, 5.74) is -0.170. The first-order chi connectivity index (χ1) is 8.79. The normalized spacial score (nSPS) is 11.5. The number of hydrogen-bond acceptors (Lipinski definition) is 4. The summed E-state index contributed by atoms with van der Waals surface area (Å²) in [5.74, 6) is 0.350. The molecule has 1 rings (SSSR count). The number of carbonyl (C=O) groups excluding carboxylic acids is 1. The van der Waals surface area contributed by atoms with E-state index in [-0.39, 0.29) is 0 Å². The molecule has 0 saturated carbocycles. The monoisotopic (exact) mass is 266 g/mol. The van der Waals surface area contributed by atoms with Gasteiger partial charge < -0.3 is 4.74 Å². The van der Waals surface area contributed by atoms with E-state index in [0.29, 0.717) is 23.8 Å². The predicted molar refractivity (Wildman–Crippen MR) is 73.0 cm³/mol. The van der Waals surface area contributed by atoms with Crippen molar-refractivity contribution in [2.24, 2.45) is 5.92 Å². The van der Waals surface area contributed by atoms with E-state index in [1.165, 1.54) is 0 Å². The lowest BCUT2D eigenvalue weighted by molar-refractivity contribution is -0.301. The number of benzene rings is 1. The molecule has 0 fully saturated rings. The van der Waals surface area contributed by atoms with Crippen LogP contribution in [0.25, 0.3) is 0 Å². The molecule has 0 saturated heterocycles. The third-order valence-electron chi connectivity index (χ3n) is 2.05. The average Bonchev–Trinajstić information content (AvgIpc) is 2.33. The van der Waals surface area contributed by atoms with Gasteiger partial charge in [0.05, 0.1) is 6.61 Å². The summed E-state index contributed by atoms with van der Waals surface area (Å²) in [5, 5.41) is 0. The van der Waals surface area contributed by atoms with Gasteiger partial charge in [-0.3, -0.25) is 4.89 Å². The van der Waals surface area contributed by atoms with Crippen LogP contribution in [0.1, 0.15) is 45.0 Å². The van der Waals surface area contributed by atoms with Crippen molar-refractivity contribution in [1.29, 1.82) is 0 Å². The highest BCUT2D eigenvalue weighted by Crippen LogP contribution is 2.20. The van der Waals surface area contributed by atoms with Gasteiger partial charge in [-0.1, -0.05) is 26.0 Å². The van der Waals surface area contributed by atoms with Crippen molar-refractivity contribution in [3.8, 4) is 5.75 Å². The van der Waals surface area contributed by atoms with Crippen LogP contribution in [0.15, 0.2) is 24.3 Å². The summed E-state index contributed by atoms with van der Waals surface area (Å²) < 4.78 is 5.60. The molecule has 19 heavy (non-hydrogen) atoms. The molecule has 0 N–H and O–H groups in total. The van der Waals surface area contributed by atoms with Crippen LogP contribution in [0.5, 0.6) is 5.75 Å². The highest BCUT2D eigenvalue weighted by atomic mass is 17.2. The van der Waals surface area contributed by atoms with Crippen LogP contribution < -0.4 is 4.74 Å². The Morgan fingerprint density at radius 1 is 1.21 bits per heavy atom. The van der Waals surface area contributed by atoms with Gasteiger partial charge in [0.2, 0.25) is 0 Å². The fourth-order valence-corrected chi connectivity index (χ4v) is 1.23. The predicted octanol–water partition coefficient (Wildman–Crippen LogP) is 3.61. The van der Waals surface area contributed by atoms with Crippen LogP contribution in [0.2, 0.25) is 0 Å². The van der Waals surface area contributed by atoms with Crippen LogP contribution in [0, 0.1) is 5.92 Å². The first-order valence-electron chi connectivity index (χ1n) is 6.41. The topological polar surface area (TPSA) is 44.8 Å². The van der Waals surface area contributed by atoms with Gasteiger partial charge in [-0.15, -0.1) is 0 Å². The summed E-state index contributed by atoms with van der Waals surface area (Å²) in [6.45, 7) is 10.1. The van der Waals surface area contributed by atoms with Gasteiger partial charge in [0.1, 0.15) is 16.9 Å². The van der Waals surface area contributed by atoms with Crippen LogP contribution >= 0.6 is 0 Å². The largest absolute Gasteiger partial charge is 0.492 e. The molecule has 0 amide bonds. The first-order valence-corrected chi connectivity index (χ1v) is 6.41. The average molecular weight is 266 g/mol. The molecule has 0 spiro atoms. The zero-order chi connectivity index (χ0) is 14.5. The molecule has 0 bridgehead atoms. The minimum Gasteiger partial charge on any atom is -0.492 e. The highest BCUT2D eigenvalue weighted by molar-refractivity contribution is 5.92. The molecule has 0 heterocycles. The van der Waals surface area contributed by atoms with Gasteiger partial charge in [0, 0.05) is 0 Å². The Hall–Kier alpha value is -1.55. The standard InChI is InChI=1S/C15H22O4/c1-11(2)10-17-13-9-7-6-8-12(13)14(16)18-19-15(3,4)5/h6-9,11H,10H2,1-5H3. The second-order valence-electron chi connectivity index (χ2n) is 5.77. The molecule has 1 aromatic carbocycles. The van der Waals surface area contributed by atoms with E-state index >= 15 is 0 Å². The van der Waals surface area contributed by atoms with Crippen molar-refractivity contribution in [3.63, 3.8) is 0 Å². The first kappa shape index (κ1) is 15.5. The van der Waals surface area contributed by atoms with E-state index in [1.807, 2.05) is 19.9 Å². The third kappa shape index (κ3) is 5.75. The molecule has 0 aliphatic heterocycles. The van der Waals surface area contributed by atoms with Crippen molar-refractivity contribution in [2.45, 2.75) is 40.2 Å². The summed E-state index contributed by atoms with van der Waals surface area (Å²) in [6.07, 6.45) is 0. The maximum atomic E-state index is 11.9. The molecule has 106 valence electrons. The zero-order valence-electron chi connectivity index (χ0n) is 12.2. The second kappa shape index (κ2) is 6.57. The number of carbonyl (C=O) groups is 1. The van der Waals surface area contributed by atoms with Gasteiger partial charge in [0.15, 0.2) is 0 Å². The van der Waals surface area contributed by atoms with Crippen LogP contribution in [-0.4, -0.2) is 18.2 Å². The summed E-state index contributed by atoms with van der Waals surface area (Å²) >= 11 is 0. The minimum atomic E-state index is -0.547. The Bertz CT molecular complexity index is 418. The quantitative estimate of drug-likeness (QED) is 0.603. The fourth-order valence-electron chi connectivity index (χ4n) is 1.23. The van der Waals surface area contributed by atoms with Gasteiger partial charge >= 0.3 is 5.97 Å². The Kier molecular flexibility index (Phi) is 5.36. The van der Waals surface area contributed by atoms with Gasteiger partial charge in [-0.25, -0.2) is 4.79 Å². The Labute approximate surface area is 114 Å². The molecule has 0 unspecified atom stereocenters. The van der Waals surface area contributed by atoms with Crippen molar-refractivity contribution in [3.05, 3.63) is 29.8 Å². The Balaban J connectivity index is 2.73. The molecule has 1 aromatic rings. The van der Waals surface area contributed by atoms with E-state index in [2.05, 4.69) is 0 Å². The fraction of sp³-hybridized carbons (Fsp3) is 0.533. The summed E-state index contributed by atoms with van der Waals surface area (Å²) in [6, 6.07) is 6.98. The summed E-state index contributed by atoms with van der Waals surface area (Å²) in [7, 11) is 0. The minimum absolute atomic E-state index is 0.368. The molecular formula is C15H22O4. The van der Waals surface area contributed by atoms with Gasteiger partial charge in [0.25, 0.3) is 0 Å². The Morgan fingerprint density at radius 2 is 1.84 bits per heavy atom. The Morgan fingerprint density at radius 3 is 2.42 bits per heavy atom. The SMILES string of the molecule is CC(C)COc1ccccc1C(=O)OOC(C)(C)C. The van der Waals surface area contributed by atoms with Gasteiger partial charge in [-0.05, 0) is 38.8 Å². The molecule has 4 heteroatoms. The third-order valence-corrected chi connectivity index (χ3v) is 2.05. The van der Waals surface area contributed by atoms with E-state index in [1.54, 1.807) is 39.0 Å². The molecule has 0 atom stereocenters. The van der Waals surface area contributed by atoms with Crippen LogP contribution in [0.4, 0.5) is 0 Å². The molecule has 4 nitrogen and oxygen atoms in total. The van der Waals surface area contributed by atoms with E-state index in [9.17, 15) is 4.79 Å². The zero-order valence-corrected chi connectivity index (χ0v) is 12.2. The van der Waals surface area contributed by atoms with Crippen LogP contribution in [-0.2, 0) is 9.78 Å². The lowest BCUT2D eigenvalue weighted by atomic mass is 10.2. The lowest BCUT2D eigenvalue weighted by Crippen LogP contribution is -2.22. The molecule has 0 radical (unpaired) electrons. The second-order valence-corrected chi connectivity index (χ2v) is 5.77. The lowest BCUT2D eigenvalue weighted by Gasteiger charge is -2.17. The maximum Gasteiger partial charge on any atom is 0.376 e. The van der Waals surface area contributed by atoms with E-state index in [4.69, 9.17) is 14.5 Å². The van der Waals surface area contributed by atoms with Crippen LogP contribution in [0.3, 0.4) is 0 Å². The van der Waals surface area contributed by atoms with Crippen molar-refractivity contribution < 1.29 is 19.3 Å².